The van der Waals surface area contributed by atoms with Gasteiger partial charge in [0.15, 0.2) is 0 Å². The van der Waals surface area contributed by atoms with E-state index in [1.165, 1.54) is 11.1 Å². The molecule has 4 rings (SSSR count). The lowest BCUT2D eigenvalue weighted by molar-refractivity contribution is 0.673. The third-order valence-corrected chi connectivity index (χ3v) is 4.52. The summed E-state index contributed by atoms with van der Waals surface area (Å²) in [5, 5.41) is 12.7. The summed E-state index contributed by atoms with van der Waals surface area (Å²) >= 11 is 0. The first-order chi connectivity index (χ1) is 12.9. The zero-order valence-electron chi connectivity index (χ0n) is 14.3. The van der Waals surface area contributed by atoms with E-state index < -0.39 is 0 Å². The van der Waals surface area contributed by atoms with E-state index in [4.69, 9.17) is 0 Å². The maximum atomic E-state index is 9.25. The SMILES string of the molecule is N#Cc1ccccc1CNCc1c(-c2ccccc2)ccc2cncn12. The topological polar surface area (TPSA) is 53.1 Å². The molecule has 0 saturated heterocycles. The Kier molecular flexibility index (Phi) is 4.46. The van der Waals surface area contributed by atoms with E-state index in [0.717, 1.165) is 16.8 Å². The first-order valence-corrected chi connectivity index (χ1v) is 8.55. The van der Waals surface area contributed by atoms with Gasteiger partial charge < -0.3 is 9.72 Å². The summed E-state index contributed by atoms with van der Waals surface area (Å²) in [6, 6.07) is 24.5. The van der Waals surface area contributed by atoms with Crippen molar-refractivity contribution in [3.05, 3.63) is 96.1 Å². The lowest BCUT2D eigenvalue weighted by atomic mass is 10.0. The van der Waals surface area contributed by atoms with Crippen molar-refractivity contribution in [1.82, 2.24) is 14.7 Å². The molecule has 0 spiro atoms. The molecule has 0 fully saturated rings. The molecule has 4 aromatic rings. The van der Waals surface area contributed by atoms with Crippen molar-refractivity contribution in [2.24, 2.45) is 0 Å². The maximum Gasteiger partial charge on any atom is 0.0995 e. The molecular formula is C22H18N4. The lowest BCUT2D eigenvalue weighted by Crippen LogP contribution is -2.16. The average molecular weight is 338 g/mol. The van der Waals surface area contributed by atoms with Crippen molar-refractivity contribution in [1.29, 1.82) is 5.26 Å². The molecule has 26 heavy (non-hydrogen) atoms. The Bertz CT molecular complexity index is 1070. The summed E-state index contributed by atoms with van der Waals surface area (Å²) in [7, 11) is 0. The fraction of sp³-hybridized carbons (Fsp3) is 0.0909. The lowest BCUT2D eigenvalue weighted by Gasteiger charge is -2.14. The number of hydrogen-bond acceptors (Lipinski definition) is 3. The summed E-state index contributed by atoms with van der Waals surface area (Å²) in [6.45, 7) is 1.32. The third-order valence-electron chi connectivity index (χ3n) is 4.52. The standard InChI is InChI=1S/C22H18N4/c23-12-18-8-4-5-9-19(18)13-24-15-22-21(17-6-2-1-3-7-17)11-10-20-14-25-16-26(20)22/h1-11,14,16,24H,13,15H2. The first kappa shape index (κ1) is 16.1. The Balaban J connectivity index is 1.65. The van der Waals surface area contributed by atoms with Gasteiger partial charge in [-0.25, -0.2) is 4.98 Å². The van der Waals surface area contributed by atoms with Crippen molar-refractivity contribution in [2.75, 3.05) is 0 Å². The number of rotatable bonds is 5. The molecule has 0 saturated carbocycles. The van der Waals surface area contributed by atoms with E-state index in [1.54, 1.807) is 0 Å². The number of fused-ring (bicyclic) bond motifs is 1. The summed E-state index contributed by atoms with van der Waals surface area (Å²) in [5.74, 6) is 0. The zero-order chi connectivity index (χ0) is 17.8. The van der Waals surface area contributed by atoms with E-state index in [2.05, 4.69) is 45.0 Å². The van der Waals surface area contributed by atoms with Crippen LogP contribution in [-0.2, 0) is 13.1 Å². The molecule has 0 unspecified atom stereocenters. The second-order valence-electron chi connectivity index (χ2n) is 6.12. The van der Waals surface area contributed by atoms with Gasteiger partial charge in [0, 0.05) is 24.3 Å². The number of nitrogens with zero attached hydrogens (tertiary/aromatic N) is 3. The van der Waals surface area contributed by atoms with Gasteiger partial charge in [-0.1, -0.05) is 54.6 Å². The van der Waals surface area contributed by atoms with Crippen LogP contribution in [0.4, 0.5) is 0 Å². The highest BCUT2D eigenvalue weighted by Crippen LogP contribution is 2.25. The molecule has 0 radical (unpaired) electrons. The van der Waals surface area contributed by atoms with E-state index >= 15 is 0 Å². The Morgan fingerprint density at radius 2 is 1.73 bits per heavy atom. The normalized spacial score (nSPS) is 10.7. The van der Waals surface area contributed by atoms with E-state index in [9.17, 15) is 5.26 Å². The van der Waals surface area contributed by atoms with Gasteiger partial charge in [0.2, 0.25) is 0 Å². The second kappa shape index (κ2) is 7.22. The molecule has 4 heteroatoms. The van der Waals surface area contributed by atoms with Crippen LogP contribution in [0.5, 0.6) is 0 Å². The van der Waals surface area contributed by atoms with Gasteiger partial charge in [-0.05, 0) is 23.3 Å². The van der Waals surface area contributed by atoms with Gasteiger partial charge in [-0.15, -0.1) is 0 Å². The summed E-state index contributed by atoms with van der Waals surface area (Å²) in [4.78, 5) is 4.28. The van der Waals surface area contributed by atoms with Gasteiger partial charge in [0.05, 0.1) is 29.7 Å². The molecule has 0 amide bonds. The van der Waals surface area contributed by atoms with Crippen LogP contribution in [0, 0.1) is 11.3 Å². The second-order valence-corrected chi connectivity index (χ2v) is 6.12. The summed E-state index contributed by atoms with van der Waals surface area (Å²) < 4.78 is 2.12. The van der Waals surface area contributed by atoms with Crippen LogP contribution < -0.4 is 5.32 Å². The number of pyridine rings is 1. The van der Waals surface area contributed by atoms with Gasteiger partial charge in [-0.2, -0.15) is 5.26 Å². The summed E-state index contributed by atoms with van der Waals surface area (Å²) in [6.07, 6.45) is 3.71. The number of benzene rings is 2. The van der Waals surface area contributed by atoms with Crippen LogP contribution >= 0.6 is 0 Å². The average Bonchev–Trinajstić information content (AvgIpc) is 3.18. The number of hydrogen-bond donors (Lipinski definition) is 1. The fourth-order valence-corrected chi connectivity index (χ4v) is 3.21. The molecule has 4 nitrogen and oxygen atoms in total. The molecule has 0 bridgehead atoms. The van der Waals surface area contributed by atoms with Crippen LogP contribution in [0.2, 0.25) is 0 Å². The zero-order valence-corrected chi connectivity index (χ0v) is 14.3. The van der Waals surface area contributed by atoms with E-state index in [0.29, 0.717) is 18.7 Å². The predicted octanol–water partition coefficient (Wildman–Crippen LogP) is 4.16. The van der Waals surface area contributed by atoms with Crippen molar-refractivity contribution < 1.29 is 0 Å². The molecule has 2 heterocycles. The Morgan fingerprint density at radius 1 is 0.923 bits per heavy atom. The van der Waals surface area contributed by atoms with Crippen LogP contribution in [0.15, 0.2) is 79.3 Å². The number of nitriles is 1. The summed E-state index contributed by atoms with van der Waals surface area (Å²) in [5.41, 5.74) is 6.30. The Labute approximate surface area is 152 Å². The predicted molar refractivity (Wildman–Crippen MR) is 102 cm³/mol. The number of nitrogens with one attached hydrogen (secondary N) is 1. The van der Waals surface area contributed by atoms with E-state index in [-0.39, 0.29) is 0 Å². The fourth-order valence-electron chi connectivity index (χ4n) is 3.21. The molecule has 0 aliphatic rings. The minimum atomic E-state index is 0.642. The molecule has 0 aliphatic heterocycles. The monoisotopic (exact) mass is 338 g/mol. The molecule has 2 aromatic carbocycles. The van der Waals surface area contributed by atoms with Crippen molar-refractivity contribution in [3.8, 4) is 17.2 Å². The molecular weight excluding hydrogens is 320 g/mol. The molecule has 2 aromatic heterocycles. The van der Waals surface area contributed by atoms with Crippen LogP contribution in [0.1, 0.15) is 16.8 Å². The van der Waals surface area contributed by atoms with E-state index in [1.807, 2.05) is 55.0 Å². The highest BCUT2D eigenvalue weighted by Gasteiger charge is 2.10. The van der Waals surface area contributed by atoms with Crippen molar-refractivity contribution in [2.45, 2.75) is 13.1 Å². The van der Waals surface area contributed by atoms with Gasteiger partial charge in [-0.3, -0.25) is 0 Å². The van der Waals surface area contributed by atoms with Crippen LogP contribution in [-0.4, -0.2) is 9.38 Å². The maximum absolute atomic E-state index is 9.25. The molecule has 0 aliphatic carbocycles. The third kappa shape index (κ3) is 3.08. The molecule has 0 atom stereocenters. The highest BCUT2D eigenvalue weighted by atomic mass is 15.0. The minimum Gasteiger partial charge on any atom is -0.307 e. The van der Waals surface area contributed by atoms with Crippen molar-refractivity contribution in [3.63, 3.8) is 0 Å². The first-order valence-electron chi connectivity index (χ1n) is 8.55. The molecule has 126 valence electrons. The Morgan fingerprint density at radius 3 is 2.58 bits per heavy atom. The number of imidazole rings is 1. The van der Waals surface area contributed by atoms with Crippen LogP contribution in [0.3, 0.4) is 0 Å². The quantitative estimate of drug-likeness (QED) is 0.594. The molecule has 1 N–H and O–H groups in total. The van der Waals surface area contributed by atoms with Crippen LogP contribution in [0.25, 0.3) is 16.6 Å². The van der Waals surface area contributed by atoms with Gasteiger partial charge in [0.25, 0.3) is 0 Å². The van der Waals surface area contributed by atoms with Gasteiger partial charge >= 0.3 is 0 Å². The highest BCUT2D eigenvalue weighted by molar-refractivity contribution is 5.69. The smallest absolute Gasteiger partial charge is 0.0995 e. The van der Waals surface area contributed by atoms with Crippen molar-refractivity contribution >= 4 is 5.52 Å². The minimum absolute atomic E-state index is 0.642. The largest absolute Gasteiger partial charge is 0.307 e. The Hall–Kier alpha value is -3.42. The van der Waals surface area contributed by atoms with Gasteiger partial charge in [0.1, 0.15) is 0 Å². The number of aromatic nitrogens is 2.